The van der Waals surface area contributed by atoms with Gasteiger partial charge in [0.1, 0.15) is 0 Å². The van der Waals surface area contributed by atoms with Gasteiger partial charge in [0.2, 0.25) is 0 Å². The Morgan fingerprint density at radius 1 is 1.38 bits per heavy atom. The number of H-pyrrole nitrogens is 1. The quantitative estimate of drug-likeness (QED) is 0.350. The van der Waals surface area contributed by atoms with Crippen molar-refractivity contribution in [3.8, 4) is 11.1 Å². The van der Waals surface area contributed by atoms with E-state index in [1.54, 1.807) is 6.92 Å². The number of benzene rings is 1. The topological polar surface area (TPSA) is 92.0 Å². The number of aromatic nitrogens is 1. The molecule has 0 saturated carbocycles. The number of nitrogens with two attached hydrogens (primary N) is 1. The SMILES string of the molecule is CCOC(=O)c1c(C)[nH]c(SC(=N)N)c1-c1ccccc1. The van der Waals surface area contributed by atoms with E-state index in [4.69, 9.17) is 15.9 Å². The standard InChI is InChI=1S/C15H17N3O2S/c1-3-20-14(19)11-9(2)18-13(21-15(16)17)12(11)10-7-5-4-6-8-10/h4-8,18H,3H2,1-2H3,(H3,16,17). The number of rotatable bonds is 4. The van der Waals surface area contributed by atoms with Crippen LogP contribution in [0.25, 0.3) is 11.1 Å². The Hall–Kier alpha value is -2.21. The summed E-state index contributed by atoms with van der Waals surface area (Å²) < 4.78 is 5.14. The molecule has 0 aliphatic carbocycles. The highest BCUT2D eigenvalue weighted by atomic mass is 32.2. The van der Waals surface area contributed by atoms with Crippen molar-refractivity contribution in [3.05, 3.63) is 41.6 Å². The monoisotopic (exact) mass is 303 g/mol. The Labute approximate surface area is 127 Å². The number of amidine groups is 1. The highest BCUT2D eigenvalue weighted by Gasteiger charge is 2.24. The van der Waals surface area contributed by atoms with Crippen molar-refractivity contribution in [1.82, 2.24) is 4.98 Å². The van der Waals surface area contributed by atoms with Crippen LogP contribution in [0.5, 0.6) is 0 Å². The van der Waals surface area contributed by atoms with Crippen LogP contribution in [0.2, 0.25) is 0 Å². The van der Waals surface area contributed by atoms with Gasteiger partial charge in [0.15, 0.2) is 5.17 Å². The van der Waals surface area contributed by atoms with Gasteiger partial charge in [0.25, 0.3) is 0 Å². The summed E-state index contributed by atoms with van der Waals surface area (Å²) in [6.45, 7) is 3.89. The van der Waals surface area contributed by atoms with Crippen molar-refractivity contribution in [3.63, 3.8) is 0 Å². The van der Waals surface area contributed by atoms with E-state index in [2.05, 4.69) is 4.98 Å². The molecule has 0 saturated heterocycles. The second-order valence-corrected chi connectivity index (χ2v) is 5.43. The number of ether oxygens (including phenoxy) is 1. The molecular weight excluding hydrogens is 286 g/mol. The fourth-order valence-corrected chi connectivity index (χ4v) is 2.87. The smallest absolute Gasteiger partial charge is 0.340 e. The molecule has 0 aliphatic rings. The first-order chi connectivity index (χ1) is 10.0. The van der Waals surface area contributed by atoms with Crippen molar-refractivity contribution in [2.75, 3.05) is 6.61 Å². The van der Waals surface area contributed by atoms with Gasteiger partial charge < -0.3 is 15.5 Å². The Morgan fingerprint density at radius 2 is 2.05 bits per heavy atom. The maximum absolute atomic E-state index is 12.2. The van der Waals surface area contributed by atoms with Crippen molar-refractivity contribution < 1.29 is 9.53 Å². The first-order valence-electron chi connectivity index (χ1n) is 6.51. The minimum Gasteiger partial charge on any atom is -0.462 e. The summed E-state index contributed by atoms with van der Waals surface area (Å²) in [5.74, 6) is -0.375. The maximum Gasteiger partial charge on any atom is 0.340 e. The van der Waals surface area contributed by atoms with E-state index in [-0.39, 0.29) is 11.1 Å². The summed E-state index contributed by atoms with van der Waals surface area (Å²) in [5.41, 5.74) is 8.28. The van der Waals surface area contributed by atoms with E-state index < -0.39 is 0 Å². The molecule has 4 N–H and O–H groups in total. The molecule has 0 amide bonds. The van der Waals surface area contributed by atoms with Crippen LogP contribution >= 0.6 is 11.8 Å². The maximum atomic E-state index is 12.2. The van der Waals surface area contributed by atoms with Gasteiger partial charge in [-0.1, -0.05) is 30.3 Å². The van der Waals surface area contributed by atoms with Crippen molar-refractivity contribution in [2.24, 2.45) is 5.73 Å². The summed E-state index contributed by atoms with van der Waals surface area (Å²) in [6, 6.07) is 9.53. The third kappa shape index (κ3) is 3.28. The van der Waals surface area contributed by atoms with Gasteiger partial charge in [-0.2, -0.15) is 0 Å². The molecule has 1 aromatic carbocycles. The number of esters is 1. The minimum atomic E-state index is -0.375. The summed E-state index contributed by atoms with van der Waals surface area (Å²) in [4.78, 5) is 15.3. The van der Waals surface area contributed by atoms with Gasteiger partial charge in [0, 0.05) is 11.3 Å². The van der Waals surface area contributed by atoms with Gasteiger partial charge in [-0.15, -0.1) is 0 Å². The Balaban J connectivity index is 2.61. The van der Waals surface area contributed by atoms with Gasteiger partial charge >= 0.3 is 5.97 Å². The minimum absolute atomic E-state index is 0.0381. The highest BCUT2D eigenvalue weighted by molar-refractivity contribution is 8.13. The number of aryl methyl sites for hydroxylation is 1. The molecule has 1 aromatic heterocycles. The average molecular weight is 303 g/mol. The van der Waals surface area contributed by atoms with Crippen molar-refractivity contribution in [2.45, 2.75) is 18.9 Å². The van der Waals surface area contributed by atoms with Crippen LogP contribution in [-0.2, 0) is 4.74 Å². The summed E-state index contributed by atoms with van der Waals surface area (Å²) in [5, 5.41) is 8.10. The van der Waals surface area contributed by atoms with E-state index in [9.17, 15) is 4.79 Å². The molecule has 0 atom stereocenters. The van der Waals surface area contributed by atoms with Crippen LogP contribution in [0.4, 0.5) is 0 Å². The molecule has 2 rings (SSSR count). The van der Waals surface area contributed by atoms with Crippen LogP contribution in [0.3, 0.4) is 0 Å². The number of hydrogen-bond acceptors (Lipinski definition) is 4. The number of nitrogens with one attached hydrogen (secondary N) is 2. The average Bonchev–Trinajstić information content (AvgIpc) is 2.75. The molecule has 0 fully saturated rings. The number of carbonyl (C=O) groups excluding carboxylic acids is 1. The van der Waals surface area contributed by atoms with E-state index in [1.807, 2.05) is 37.3 Å². The molecule has 21 heavy (non-hydrogen) atoms. The lowest BCUT2D eigenvalue weighted by atomic mass is 10.0. The van der Waals surface area contributed by atoms with Gasteiger partial charge in [0.05, 0.1) is 17.2 Å². The Morgan fingerprint density at radius 3 is 2.62 bits per heavy atom. The third-order valence-electron chi connectivity index (χ3n) is 2.91. The lowest BCUT2D eigenvalue weighted by Crippen LogP contribution is -2.07. The molecule has 5 nitrogen and oxygen atoms in total. The van der Waals surface area contributed by atoms with Crippen LogP contribution in [-0.4, -0.2) is 22.7 Å². The van der Waals surface area contributed by atoms with Crippen LogP contribution < -0.4 is 5.73 Å². The molecule has 0 spiro atoms. The van der Waals surface area contributed by atoms with Crippen LogP contribution in [0, 0.1) is 12.3 Å². The zero-order chi connectivity index (χ0) is 15.4. The largest absolute Gasteiger partial charge is 0.462 e. The predicted molar refractivity (Wildman–Crippen MR) is 84.7 cm³/mol. The lowest BCUT2D eigenvalue weighted by molar-refractivity contribution is 0.0526. The van der Waals surface area contributed by atoms with Crippen molar-refractivity contribution in [1.29, 1.82) is 5.41 Å². The second kappa shape index (κ2) is 6.49. The van der Waals surface area contributed by atoms with Gasteiger partial charge in [-0.3, -0.25) is 5.41 Å². The van der Waals surface area contributed by atoms with E-state index in [1.165, 1.54) is 0 Å². The molecule has 0 aliphatic heterocycles. The van der Waals surface area contributed by atoms with E-state index in [0.29, 0.717) is 22.9 Å². The summed E-state index contributed by atoms with van der Waals surface area (Å²) >= 11 is 1.09. The fourth-order valence-electron chi connectivity index (χ4n) is 2.12. The highest BCUT2D eigenvalue weighted by Crippen LogP contribution is 2.36. The first kappa shape index (κ1) is 15.2. The molecule has 110 valence electrons. The number of aromatic amines is 1. The lowest BCUT2D eigenvalue weighted by Gasteiger charge is -2.07. The van der Waals surface area contributed by atoms with Crippen LogP contribution in [0.1, 0.15) is 23.0 Å². The summed E-state index contributed by atoms with van der Waals surface area (Å²) in [6.07, 6.45) is 0. The molecular formula is C15H17N3O2S. The number of hydrogen-bond donors (Lipinski definition) is 3. The van der Waals surface area contributed by atoms with Crippen molar-refractivity contribution >= 4 is 22.9 Å². The van der Waals surface area contributed by atoms with Gasteiger partial charge in [-0.05, 0) is 31.2 Å². The second-order valence-electron chi connectivity index (χ2n) is 4.38. The molecule has 0 bridgehead atoms. The predicted octanol–water partition coefficient (Wildman–Crippen LogP) is 3.15. The summed E-state index contributed by atoms with van der Waals surface area (Å²) in [7, 11) is 0. The fraction of sp³-hybridized carbons (Fsp3) is 0.200. The normalized spacial score (nSPS) is 10.4. The Bertz CT molecular complexity index is 665. The molecule has 0 radical (unpaired) electrons. The van der Waals surface area contributed by atoms with Crippen LogP contribution in [0.15, 0.2) is 35.4 Å². The molecule has 0 unspecified atom stereocenters. The van der Waals surface area contributed by atoms with E-state index in [0.717, 1.165) is 22.9 Å². The molecule has 6 heteroatoms. The third-order valence-corrected chi connectivity index (χ3v) is 3.64. The number of thioether (sulfide) groups is 1. The zero-order valence-corrected chi connectivity index (χ0v) is 12.7. The molecule has 1 heterocycles. The number of carbonyl (C=O) groups is 1. The Kier molecular flexibility index (Phi) is 4.70. The molecule has 2 aromatic rings. The van der Waals surface area contributed by atoms with E-state index >= 15 is 0 Å². The first-order valence-corrected chi connectivity index (χ1v) is 7.33. The van der Waals surface area contributed by atoms with Gasteiger partial charge in [-0.25, -0.2) is 4.79 Å². The zero-order valence-electron chi connectivity index (χ0n) is 11.9.